The molecule has 0 unspecified atom stereocenters. The van der Waals surface area contributed by atoms with E-state index in [1.807, 2.05) is 4.90 Å². The lowest BCUT2D eigenvalue weighted by Crippen LogP contribution is -2.41. The van der Waals surface area contributed by atoms with E-state index in [-0.39, 0.29) is 5.91 Å². The minimum atomic E-state index is -0.456. The van der Waals surface area contributed by atoms with Gasteiger partial charge in [0, 0.05) is 39.3 Å². The fourth-order valence-corrected chi connectivity index (χ4v) is 2.64. The van der Waals surface area contributed by atoms with Crippen molar-refractivity contribution in [1.29, 1.82) is 0 Å². The molecule has 2 aliphatic heterocycles. The highest BCUT2D eigenvalue weighted by atomic mass is 16.5. The number of aromatic nitrogens is 2. The number of morpholine rings is 1. The normalized spacial score (nSPS) is 23.2. The van der Waals surface area contributed by atoms with Crippen molar-refractivity contribution in [3.63, 3.8) is 0 Å². The summed E-state index contributed by atoms with van der Waals surface area (Å²) >= 11 is 0. The molecular weight excluding hydrogens is 286 g/mol. The van der Waals surface area contributed by atoms with E-state index in [0.29, 0.717) is 50.9 Å². The fraction of sp³-hybridized carbons (Fsp3) is 0.643. The number of rotatable bonds is 2. The Morgan fingerprint density at radius 1 is 1.32 bits per heavy atom. The highest BCUT2D eigenvalue weighted by molar-refractivity contribution is 5.92. The highest BCUT2D eigenvalue weighted by Gasteiger charge is 2.22. The molecule has 0 spiro atoms. The summed E-state index contributed by atoms with van der Waals surface area (Å²) in [4.78, 5) is 24.7. The van der Waals surface area contributed by atoms with E-state index in [1.54, 1.807) is 11.1 Å². The van der Waals surface area contributed by atoms with Crippen molar-refractivity contribution in [1.82, 2.24) is 20.2 Å². The predicted octanol–water partition coefficient (Wildman–Crippen LogP) is -1.28. The van der Waals surface area contributed by atoms with Gasteiger partial charge < -0.3 is 25.0 Å². The van der Waals surface area contributed by atoms with Crippen LogP contribution >= 0.6 is 0 Å². The Kier molecular flexibility index (Phi) is 4.81. The summed E-state index contributed by atoms with van der Waals surface area (Å²) in [5.41, 5.74) is 0.339. The van der Waals surface area contributed by atoms with Crippen LogP contribution in [0.15, 0.2) is 12.4 Å². The van der Waals surface area contributed by atoms with Gasteiger partial charge in [0.1, 0.15) is 11.5 Å². The first-order valence-electron chi connectivity index (χ1n) is 7.57. The van der Waals surface area contributed by atoms with E-state index in [0.717, 1.165) is 13.1 Å². The molecule has 1 atom stereocenters. The minimum Gasteiger partial charge on any atom is -0.390 e. The van der Waals surface area contributed by atoms with Crippen LogP contribution in [0.5, 0.6) is 0 Å². The van der Waals surface area contributed by atoms with Crippen LogP contribution < -0.4 is 10.2 Å². The first-order valence-corrected chi connectivity index (χ1v) is 7.57. The first-order chi connectivity index (χ1) is 10.7. The molecule has 3 rings (SSSR count). The van der Waals surface area contributed by atoms with Gasteiger partial charge in [0.2, 0.25) is 0 Å². The van der Waals surface area contributed by atoms with Crippen molar-refractivity contribution in [3.05, 3.63) is 18.1 Å². The maximum absolute atomic E-state index is 12.5. The molecule has 8 nitrogen and oxygen atoms in total. The second-order valence-electron chi connectivity index (χ2n) is 5.47. The average molecular weight is 307 g/mol. The van der Waals surface area contributed by atoms with Gasteiger partial charge in [-0.2, -0.15) is 0 Å². The maximum Gasteiger partial charge on any atom is 0.274 e. The van der Waals surface area contributed by atoms with Crippen LogP contribution in [0.1, 0.15) is 10.5 Å². The Balaban J connectivity index is 1.75. The molecule has 120 valence electrons. The number of β-amino-alcohol motifs (C(OH)–C–C–N with tert-alkyl or cyclic N) is 1. The second kappa shape index (κ2) is 6.99. The van der Waals surface area contributed by atoms with Gasteiger partial charge in [-0.05, 0) is 0 Å². The summed E-state index contributed by atoms with van der Waals surface area (Å²) < 4.78 is 5.26. The van der Waals surface area contributed by atoms with Crippen molar-refractivity contribution in [2.24, 2.45) is 0 Å². The number of anilines is 1. The van der Waals surface area contributed by atoms with Gasteiger partial charge in [-0.25, -0.2) is 4.98 Å². The lowest BCUT2D eigenvalue weighted by molar-refractivity contribution is 0.0299. The van der Waals surface area contributed by atoms with Gasteiger partial charge in [-0.1, -0.05) is 0 Å². The summed E-state index contributed by atoms with van der Waals surface area (Å²) in [6.07, 6.45) is 2.67. The van der Waals surface area contributed by atoms with E-state index in [4.69, 9.17) is 4.74 Å². The van der Waals surface area contributed by atoms with Crippen molar-refractivity contribution in [3.8, 4) is 0 Å². The molecule has 2 saturated heterocycles. The molecule has 0 radical (unpaired) electrons. The number of hydrogen-bond acceptors (Lipinski definition) is 7. The maximum atomic E-state index is 12.5. The summed E-state index contributed by atoms with van der Waals surface area (Å²) in [6.45, 7) is 4.81. The van der Waals surface area contributed by atoms with E-state index >= 15 is 0 Å². The number of amides is 1. The summed E-state index contributed by atoms with van der Waals surface area (Å²) in [5.74, 6) is 0.507. The number of carbonyl (C=O) groups excluding carboxylic acids is 1. The minimum absolute atomic E-state index is 0.119. The monoisotopic (exact) mass is 307 g/mol. The van der Waals surface area contributed by atoms with Crippen LogP contribution in [0.2, 0.25) is 0 Å². The zero-order valence-corrected chi connectivity index (χ0v) is 12.4. The number of nitrogens with zero attached hydrogens (tertiary/aromatic N) is 4. The molecule has 2 N–H and O–H groups in total. The van der Waals surface area contributed by atoms with Gasteiger partial charge in [-0.15, -0.1) is 0 Å². The Labute approximate surface area is 129 Å². The predicted molar refractivity (Wildman–Crippen MR) is 79.8 cm³/mol. The third kappa shape index (κ3) is 3.52. The topological polar surface area (TPSA) is 90.8 Å². The molecule has 22 heavy (non-hydrogen) atoms. The van der Waals surface area contributed by atoms with Crippen molar-refractivity contribution in [2.45, 2.75) is 6.10 Å². The molecule has 0 bridgehead atoms. The van der Waals surface area contributed by atoms with Crippen molar-refractivity contribution in [2.75, 3.05) is 57.4 Å². The largest absolute Gasteiger partial charge is 0.390 e. The Morgan fingerprint density at radius 3 is 2.95 bits per heavy atom. The number of hydrogen-bond donors (Lipinski definition) is 2. The fourth-order valence-electron chi connectivity index (χ4n) is 2.64. The van der Waals surface area contributed by atoms with Gasteiger partial charge in [0.05, 0.1) is 31.7 Å². The quantitative estimate of drug-likeness (QED) is 0.703. The van der Waals surface area contributed by atoms with Crippen LogP contribution in [0.4, 0.5) is 5.82 Å². The van der Waals surface area contributed by atoms with E-state index < -0.39 is 6.10 Å². The SMILES string of the molecule is O=C(c1cncc(N2CCNC[C@@H](O)C2)n1)N1CCOCC1. The zero-order valence-electron chi connectivity index (χ0n) is 12.4. The van der Waals surface area contributed by atoms with Crippen LogP contribution in [0, 0.1) is 0 Å². The third-order valence-corrected chi connectivity index (χ3v) is 3.83. The molecule has 8 heteroatoms. The Hall–Kier alpha value is -1.77. The van der Waals surface area contributed by atoms with Crippen LogP contribution in [-0.2, 0) is 4.74 Å². The molecule has 1 aromatic rings. The lowest BCUT2D eigenvalue weighted by atomic mass is 10.3. The highest BCUT2D eigenvalue weighted by Crippen LogP contribution is 2.13. The van der Waals surface area contributed by atoms with Gasteiger partial charge in [0.15, 0.2) is 0 Å². The van der Waals surface area contributed by atoms with Gasteiger partial charge in [0.25, 0.3) is 5.91 Å². The lowest BCUT2D eigenvalue weighted by Gasteiger charge is -2.27. The molecule has 0 aliphatic carbocycles. The molecule has 2 aliphatic rings. The molecule has 0 saturated carbocycles. The van der Waals surface area contributed by atoms with Crippen LogP contribution in [0.3, 0.4) is 0 Å². The first kappa shape index (κ1) is 15.1. The van der Waals surface area contributed by atoms with Crippen molar-refractivity contribution >= 4 is 11.7 Å². The second-order valence-corrected chi connectivity index (χ2v) is 5.47. The number of nitrogens with one attached hydrogen (secondary N) is 1. The van der Waals surface area contributed by atoms with Crippen molar-refractivity contribution < 1.29 is 14.6 Å². The number of ether oxygens (including phenoxy) is 1. The Bertz CT molecular complexity index is 521. The standard InChI is InChI=1S/C14H21N5O3/c20-11-7-15-1-2-19(10-11)13-9-16-8-12(17-13)14(21)18-3-5-22-6-4-18/h8-9,11,15,20H,1-7,10H2/t11-/m1/s1. The van der Waals surface area contributed by atoms with Crippen LogP contribution in [0.25, 0.3) is 0 Å². The average Bonchev–Trinajstić information content (AvgIpc) is 2.80. The number of aliphatic hydroxyl groups excluding tert-OH is 1. The molecule has 0 aromatic carbocycles. The smallest absolute Gasteiger partial charge is 0.274 e. The molecule has 2 fully saturated rings. The summed E-state index contributed by atoms with van der Waals surface area (Å²) in [5, 5.41) is 13.0. The molecule has 1 aromatic heterocycles. The molecule has 1 amide bonds. The van der Waals surface area contributed by atoms with Gasteiger partial charge in [-0.3, -0.25) is 9.78 Å². The summed E-state index contributed by atoms with van der Waals surface area (Å²) in [7, 11) is 0. The molecular formula is C14H21N5O3. The van der Waals surface area contributed by atoms with Gasteiger partial charge >= 0.3 is 0 Å². The van der Waals surface area contributed by atoms with E-state index in [2.05, 4.69) is 15.3 Å². The molecule has 3 heterocycles. The van der Waals surface area contributed by atoms with Crippen LogP contribution in [-0.4, -0.2) is 84.5 Å². The van der Waals surface area contributed by atoms with E-state index in [9.17, 15) is 9.90 Å². The van der Waals surface area contributed by atoms with E-state index in [1.165, 1.54) is 6.20 Å². The number of carbonyl (C=O) groups is 1. The summed E-state index contributed by atoms with van der Waals surface area (Å²) in [6, 6.07) is 0. The number of aliphatic hydroxyl groups is 1. The third-order valence-electron chi connectivity index (χ3n) is 3.83. The zero-order chi connectivity index (χ0) is 15.4. The Morgan fingerprint density at radius 2 is 2.14 bits per heavy atom.